The van der Waals surface area contributed by atoms with Crippen molar-refractivity contribution in [3.8, 4) is 11.1 Å². The lowest BCUT2D eigenvalue weighted by Gasteiger charge is -2.35. The molecule has 63 heavy (non-hydrogen) atoms. The van der Waals surface area contributed by atoms with Crippen LogP contribution in [0, 0.1) is 0 Å². The predicted molar refractivity (Wildman–Crippen MR) is 266 cm³/mol. The summed E-state index contributed by atoms with van der Waals surface area (Å²) >= 11 is 0. The average molecular weight is 858 g/mol. The Hall–Kier alpha value is -8.06. The van der Waals surface area contributed by atoms with Gasteiger partial charge in [0.15, 0.2) is 14.2 Å². The molecule has 1 aliphatic rings. The highest BCUT2D eigenvalue weighted by Gasteiger charge is 2.41. The van der Waals surface area contributed by atoms with Gasteiger partial charge in [0.2, 0.25) is 11.9 Å². The molecule has 1 aliphatic heterocycles. The molecule has 0 unspecified atom stereocenters. The van der Waals surface area contributed by atoms with Crippen LogP contribution in [-0.2, 0) is 0 Å². The van der Waals surface area contributed by atoms with Crippen molar-refractivity contribution in [3.63, 3.8) is 0 Å². The van der Waals surface area contributed by atoms with Gasteiger partial charge in [0, 0.05) is 21.5 Å². The van der Waals surface area contributed by atoms with Gasteiger partial charge >= 0.3 is 0 Å². The fourth-order valence-corrected chi connectivity index (χ4v) is 11.2. The number of nitrogens with one attached hydrogen (secondary N) is 1. The second kappa shape index (κ2) is 15.1. The van der Waals surface area contributed by atoms with E-state index in [2.05, 4.69) is 15.3 Å². The molecule has 298 valence electrons. The molecule has 0 atom stereocenters. The van der Waals surface area contributed by atoms with Crippen LogP contribution in [0.4, 0.5) is 0 Å². The van der Waals surface area contributed by atoms with E-state index < -0.39 is 307 Å². The number of rotatable bonds is 6. The minimum absolute atomic E-state index is 0.0378. The number of para-hydroxylation sites is 4. The molecule has 0 bridgehead atoms. The summed E-state index contributed by atoms with van der Waals surface area (Å²) < 4.78 is 318. The molecule has 6 heteroatoms. The Kier molecular flexibility index (Phi) is 3.84. The van der Waals surface area contributed by atoms with Crippen molar-refractivity contribution < 1.29 is 46.6 Å². The van der Waals surface area contributed by atoms with Crippen LogP contribution in [-0.4, -0.2) is 29.1 Å². The number of hydrogen-bond acceptors (Lipinski definition) is 3. The molecule has 0 radical (unpaired) electrons. The summed E-state index contributed by atoms with van der Waals surface area (Å²) in [6.45, 7) is 0. The van der Waals surface area contributed by atoms with E-state index in [1.54, 1.807) is 0 Å². The number of nitrogens with zero attached hydrogens (tertiary/aromatic N) is 4. The summed E-state index contributed by atoms with van der Waals surface area (Å²) in [5, 5.41) is -3.97. The van der Waals surface area contributed by atoms with Crippen LogP contribution in [0.15, 0.2) is 246 Å². The van der Waals surface area contributed by atoms with Gasteiger partial charge in [-0.2, -0.15) is 0 Å². The Labute approximate surface area is 414 Å². The van der Waals surface area contributed by atoms with Crippen LogP contribution in [0.2, 0.25) is 0 Å². The number of aliphatic imine (C=N–C) groups is 2. The van der Waals surface area contributed by atoms with E-state index in [0.29, 0.717) is 0 Å². The average Bonchev–Trinajstić information content (AvgIpc) is 1.56. The zero-order valence-electron chi connectivity index (χ0n) is 65.8. The predicted octanol–water partition coefficient (Wildman–Crippen LogP) is 10.4. The van der Waals surface area contributed by atoms with Crippen molar-refractivity contribution in [3.05, 3.63) is 241 Å². The van der Waals surface area contributed by atoms with E-state index in [9.17, 15) is 21.9 Å². The van der Waals surface area contributed by atoms with Crippen LogP contribution >= 0.6 is 0 Å². The van der Waals surface area contributed by atoms with Gasteiger partial charge in [0.05, 0.1) is 68.7 Å². The fraction of sp³-hybridized carbons (Fsp3) is 0.0175. The maximum atomic E-state index is 10.4. The quantitative estimate of drug-likeness (QED) is 0.131. The van der Waals surface area contributed by atoms with E-state index >= 15 is 0 Å². The largest absolute Gasteiger partial charge is 0.295 e. The zero-order valence-corrected chi connectivity index (χ0v) is 32.8. The van der Waals surface area contributed by atoms with E-state index in [4.69, 9.17) is 24.7 Å². The van der Waals surface area contributed by atoms with Crippen molar-refractivity contribution >= 4 is 84.4 Å². The van der Waals surface area contributed by atoms with Gasteiger partial charge in [-0.1, -0.05) is 212 Å². The molecule has 3 heterocycles. The van der Waals surface area contributed by atoms with Gasteiger partial charge in [-0.3, -0.25) is 14.5 Å². The number of fused-ring (bicyclic) bond motifs is 6. The Balaban J connectivity index is 1.33. The third kappa shape index (κ3) is 5.98. The topological polar surface area (TPSA) is 46.6 Å². The van der Waals surface area contributed by atoms with Gasteiger partial charge in [0.25, 0.3) is 0 Å². The molecule has 2 aromatic heterocycles. The second-order valence-electron chi connectivity index (χ2n) is 13.6. The molecule has 9 aromatic carbocycles. The zero-order chi connectivity index (χ0) is 71.3. The van der Waals surface area contributed by atoms with E-state index in [1.807, 2.05) is 0 Å². The van der Waals surface area contributed by atoms with Crippen LogP contribution in [0.1, 0.15) is 58.3 Å². The lowest BCUT2D eigenvalue weighted by atomic mass is 10.1. The lowest BCUT2D eigenvalue weighted by Crippen LogP contribution is -2.74. The Bertz CT molecular complexity index is 5080. The van der Waals surface area contributed by atoms with E-state index in [-0.39, 0.29) is 5.56 Å². The van der Waals surface area contributed by atoms with Crippen LogP contribution < -0.4 is 26.1 Å². The van der Waals surface area contributed by atoms with Gasteiger partial charge < -0.3 is 0 Å². The van der Waals surface area contributed by atoms with Crippen LogP contribution in [0.25, 0.3) is 54.7 Å². The number of benzene rings is 9. The Morgan fingerprint density at radius 1 is 0.397 bits per heavy atom. The summed E-state index contributed by atoms with van der Waals surface area (Å²) in [6.07, 6.45) is -2.48. The minimum atomic E-state index is -6.47. The van der Waals surface area contributed by atoms with Crippen molar-refractivity contribution in [2.45, 2.75) is 6.17 Å². The van der Waals surface area contributed by atoms with Crippen molar-refractivity contribution in [1.29, 1.82) is 0 Å². The fourth-order valence-electron chi connectivity index (χ4n) is 7.59. The van der Waals surface area contributed by atoms with Gasteiger partial charge in [-0.15, -0.1) is 0 Å². The Morgan fingerprint density at radius 3 is 1.29 bits per heavy atom. The third-order valence-electron chi connectivity index (χ3n) is 10.3. The summed E-state index contributed by atoms with van der Waals surface area (Å²) in [6, 6.07) is -29.2. The third-order valence-corrected chi connectivity index (χ3v) is 14.3. The van der Waals surface area contributed by atoms with Gasteiger partial charge in [-0.25, -0.2) is 9.98 Å². The minimum Gasteiger partial charge on any atom is -0.295 e. The lowest BCUT2D eigenvalue weighted by molar-refractivity contribution is 0.735. The molecule has 11 aromatic rings. The first-order valence-corrected chi connectivity index (χ1v) is 20.8. The number of aromatic nitrogens is 2. The van der Waals surface area contributed by atoms with Gasteiger partial charge in [0.1, 0.15) is 0 Å². The normalized spacial score (nSPS) is 20.9. The maximum absolute atomic E-state index is 10.4. The van der Waals surface area contributed by atoms with Crippen molar-refractivity contribution in [1.82, 2.24) is 14.5 Å². The molecular formula is C57H41N5Si. The molecule has 0 saturated heterocycles. The standard InChI is InChI=1S/C57H41N5Si/c1-4-19-40(20-5-1)42-21-18-26-46(39-42)63(43-22-6-2-7-23-43,44-24-8-3-9-25-44)45-37-35-41(36-38-45)55-58-56(61-51-31-14-10-27-47(51)48-28-11-15-32-52(48)61)60-57(59-55)62-53-33-16-12-29-49(53)50-30-13-17-34-54(50)62/h1-39,55H,(H,58,59,60)/i2D,3D,6D,7D,8D,9D,10D,11D,12D,13D,14D,15D,16D,17D,18D,21D,22D,23D,24D,25D,26D,27D,28D,29D,30D,31D,32D,33D,34D,35D,36D,37D,38D,39D. The molecule has 12 rings (SSSR count). The van der Waals surface area contributed by atoms with E-state index in [0.717, 1.165) is 9.13 Å². The second-order valence-corrected chi connectivity index (χ2v) is 17.1. The first-order valence-electron chi connectivity index (χ1n) is 35.8. The van der Waals surface area contributed by atoms with Crippen LogP contribution in [0.5, 0.6) is 0 Å². The van der Waals surface area contributed by atoms with Crippen molar-refractivity contribution in [2.75, 3.05) is 0 Å². The highest BCUT2D eigenvalue weighted by molar-refractivity contribution is 7.19. The molecule has 0 amide bonds. The SMILES string of the molecule is [2H]c1c([2H])c([2H])c([Si](c2c([2H])c([2H])c([2H])c([2H])c2[2H])(c2c([2H])c([2H])c(C3N=C(n4c5c([2H])c([2H])c([2H])c([2H])c5c5c([2H])c([2H])c([2H])c([2H])c54)NC(n4c5c([2H])c([2H])c([2H])c([2H])c5c5c([2H])c([2H])c([2H])c([2H])c54)=N3)c([2H])c2[2H])c2c([2H])c([2H])c([2H])c(-c3ccccc3)c2[2H])c([2H])c1[2H]. The summed E-state index contributed by atoms with van der Waals surface area (Å²) in [4.78, 5) is 9.38. The molecule has 5 nitrogen and oxygen atoms in total. The highest BCUT2D eigenvalue weighted by atomic mass is 28.3. The molecular weight excluding hydrogens is 783 g/mol. The molecule has 0 aliphatic carbocycles. The van der Waals surface area contributed by atoms with E-state index in [1.165, 1.54) is 30.3 Å². The summed E-state index contributed by atoms with van der Waals surface area (Å²) in [7, 11) is -6.47. The monoisotopic (exact) mass is 858 g/mol. The smallest absolute Gasteiger partial charge is 0.212 e. The first kappa shape index (κ1) is 16.0. The number of hydrogen-bond donors (Lipinski definition) is 1. The van der Waals surface area contributed by atoms with Crippen LogP contribution in [0.3, 0.4) is 0 Å². The summed E-state index contributed by atoms with van der Waals surface area (Å²) in [5.41, 5.74) is -4.23. The molecule has 0 spiro atoms. The first-order chi connectivity index (χ1) is 45.4. The van der Waals surface area contributed by atoms with Crippen molar-refractivity contribution in [2.24, 2.45) is 9.98 Å². The molecule has 1 N–H and O–H groups in total. The highest BCUT2D eigenvalue weighted by Crippen LogP contribution is 2.33. The maximum Gasteiger partial charge on any atom is 0.212 e. The molecule has 0 fully saturated rings. The van der Waals surface area contributed by atoms with Gasteiger partial charge in [-0.05, 0) is 61.6 Å². The Morgan fingerprint density at radius 2 is 0.810 bits per heavy atom. The summed E-state index contributed by atoms with van der Waals surface area (Å²) in [5.74, 6) is -1.76. The molecule has 0 saturated carbocycles.